The number of imide groups is 1. The average Bonchev–Trinajstić information content (AvgIpc) is 2.92. The SMILES string of the molecule is CNC(=O)[C@H](Cc1ccccc1)N1CCNC[C@H](N2C(=O)c3ccccc3C2=O)C1=O. The monoisotopic (exact) mass is 420 g/mol. The van der Waals surface area contributed by atoms with Gasteiger partial charge < -0.3 is 15.5 Å². The summed E-state index contributed by atoms with van der Waals surface area (Å²) in [6.45, 7) is 0.893. The van der Waals surface area contributed by atoms with Crippen LogP contribution in [0.25, 0.3) is 0 Å². The molecule has 2 aromatic carbocycles. The zero-order valence-corrected chi connectivity index (χ0v) is 17.2. The summed E-state index contributed by atoms with van der Waals surface area (Å²) in [4.78, 5) is 54.7. The third kappa shape index (κ3) is 3.82. The molecular weight excluding hydrogens is 396 g/mol. The zero-order chi connectivity index (χ0) is 22.0. The normalized spacial score (nSPS) is 19.8. The first-order valence-corrected chi connectivity index (χ1v) is 10.3. The molecule has 8 heteroatoms. The summed E-state index contributed by atoms with van der Waals surface area (Å²) < 4.78 is 0. The Morgan fingerprint density at radius 1 is 1.03 bits per heavy atom. The molecule has 2 N–H and O–H groups in total. The first-order valence-electron chi connectivity index (χ1n) is 10.3. The highest BCUT2D eigenvalue weighted by atomic mass is 16.2. The van der Waals surface area contributed by atoms with Gasteiger partial charge in [-0.25, -0.2) is 0 Å². The number of carbonyl (C=O) groups is 4. The van der Waals surface area contributed by atoms with Crippen LogP contribution in [0, 0.1) is 0 Å². The molecule has 2 heterocycles. The molecule has 4 amide bonds. The molecule has 160 valence electrons. The minimum atomic E-state index is -1.02. The quantitative estimate of drug-likeness (QED) is 0.684. The second kappa shape index (κ2) is 8.69. The number of nitrogens with zero attached hydrogens (tertiary/aromatic N) is 2. The lowest BCUT2D eigenvalue weighted by atomic mass is 10.0. The van der Waals surface area contributed by atoms with E-state index in [2.05, 4.69) is 10.6 Å². The smallest absolute Gasteiger partial charge is 0.262 e. The lowest BCUT2D eigenvalue weighted by molar-refractivity contribution is -0.142. The fourth-order valence-electron chi connectivity index (χ4n) is 4.18. The summed E-state index contributed by atoms with van der Waals surface area (Å²) in [5.74, 6) is -1.67. The third-order valence-corrected chi connectivity index (χ3v) is 5.77. The van der Waals surface area contributed by atoms with Crippen molar-refractivity contribution in [2.24, 2.45) is 0 Å². The van der Waals surface area contributed by atoms with E-state index in [1.807, 2.05) is 30.3 Å². The molecule has 31 heavy (non-hydrogen) atoms. The Kier molecular flexibility index (Phi) is 5.81. The molecule has 4 rings (SSSR count). The molecule has 1 saturated heterocycles. The molecule has 2 atom stereocenters. The number of amides is 4. The predicted octanol–water partition coefficient (Wildman–Crippen LogP) is 0.440. The van der Waals surface area contributed by atoms with Crippen molar-refractivity contribution in [3.8, 4) is 0 Å². The van der Waals surface area contributed by atoms with Gasteiger partial charge in [-0.3, -0.25) is 24.1 Å². The summed E-state index contributed by atoms with van der Waals surface area (Å²) in [5, 5.41) is 5.78. The van der Waals surface area contributed by atoms with Crippen LogP contribution in [0.15, 0.2) is 54.6 Å². The molecular formula is C23H24N4O4. The van der Waals surface area contributed by atoms with Crippen molar-refractivity contribution >= 4 is 23.6 Å². The van der Waals surface area contributed by atoms with Crippen molar-refractivity contribution < 1.29 is 19.2 Å². The molecule has 1 fully saturated rings. The van der Waals surface area contributed by atoms with Gasteiger partial charge in [-0.2, -0.15) is 0 Å². The van der Waals surface area contributed by atoms with E-state index in [0.29, 0.717) is 30.6 Å². The Labute approximate surface area is 180 Å². The van der Waals surface area contributed by atoms with E-state index in [4.69, 9.17) is 0 Å². The first kappa shape index (κ1) is 20.7. The molecule has 0 saturated carbocycles. The fourth-order valence-corrected chi connectivity index (χ4v) is 4.18. The Balaban J connectivity index is 1.65. The minimum Gasteiger partial charge on any atom is -0.357 e. The van der Waals surface area contributed by atoms with Gasteiger partial charge >= 0.3 is 0 Å². The second-order valence-electron chi connectivity index (χ2n) is 7.60. The van der Waals surface area contributed by atoms with E-state index in [1.54, 1.807) is 24.3 Å². The van der Waals surface area contributed by atoms with Gasteiger partial charge in [-0.1, -0.05) is 42.5 Å². The van der Waals surface area contributed by atoms with E-state index in [0.717, 1.165) is 10.5 Å². The standard InChI is InChI=1S/C23H24N4O4/c1-24-20(28)18(13-15-7-3-2-4-8-15)26-12-11-25-14-19(23(26)31)27-21(29)16-9-5-6-10-17(16)22(27)30/h2-10,18-19,25H,11-14H2,1H3,(H,24,28)/t18-,19-/m0/s1. The summed E-state index contributed by atoms with van der Waals surface area (Å²) in [5.41, 5.74) is 1.50. The predicted molar refractivity (Wildman–Crippen MR) is 113 cm³/mol. The number of hydrogen-bond acceptors (Lipinski definition) is 5. The fraction of sp³-hybridized carbons (Fsp3) is 0.304. The van der Waals surface area contributed by atoms with Crippen LogP contribution in [0.4, 0.5) is 0 Å². The van der Waals surface area contributed by atoms with Crippen LogP contribution < -0.4 is 10.6 Å². The second-order valence-corrected chi connectivity index (χ2v) is 7.60. The lowest BCUT2D eigenvalue weighted by Gasteiger charge is -2.33. The van der Waals surface area contributed by atoms with E-state index < -0.39 is 29.8 Å². The number of rotatable bonds is 5. The van der Waals surface area contributed by atoms with Crippen molar-refractivity contribution in [3.05, 3.63) is 71.3 Å². The van der Waals surface area contributed by atoms with Gasteiger partial charge in [0.05, 0.1) is 11.1 Å². The van der Waals surface area contributed by atoms with E-state index >= 15 is 0 Å². The van der Waals surface area contributed by atoms with Gasteiger partial charge in [-0.15, -0.1) is 0 Å². The molecule has 0 aromatic heterocycles. The van der Waals surface area contributed by atoms with Gasteiger partial charge in [-0.05, 0) is 17.7 Å². The van der Waals surface area contributed by atoms with Crippen molar-refractivity contribution in [1.29, 1.82) is 0 Å². The molecule has 0 spiro atoms. The maximum atomic E-state index is 13.6. The summed E-state index contributed by atoms with van der Waals surface area (Å²) in [6.07, 6.45) is 0.334. The topological polar surface area (TPSA) is 98.8 Å². The van der Waals surface area contributed by atoms with Gasteiger partial charge in [0.25, 0.3) is 11.8 Å². The third-order valence-electron chi connectivity index (χ3n) is 5.77. The Morgan fingerprint density at radius 3 is 2.26 bits per heavy atom. The molecule has 0 aliphatic carbocycles. The van der Waals surface area contributed by atoms with Crippen molar-refractivity contribution in [2.75, 3.05) is 26.7 Å². The van der Waals surface area contributed by atoms with Crippen molar-refractivity contribution in [2.45, 2.75) is 18.5 Å². The van der Waals surface area contributed by atoms with Crippen molar-refractivity contribution in [1.82, 2.24) is 20.4 Å². The van der Waals surface area contributed by atoms with E-state index in [1.165, 1.54) is 11.9 Å². The van der Waals surface area contributed by atoms with Crippen LogP contribution in [0.1, 0.15) is 26.3 Å². The van der Waals surface area contributed by atoms with Crippen molar-refractivity contribution in [3.63, 3.8) is 0 Å². The Hall–Kier alpha value is -3.52. The minimum absolute atomic E-state index is 0.145. The molecule has 0 bridgehead atoms. The highest BCUT2D eigenvalue weighted by Gasteiger charge is 2.46. The van der Waals surface area contributed by atoms with Crippen LogP contribution in [0.3, 0.4) is 0 Å². The maximum absolute atomic E-state index is 13.6. The molecule has 2 aromatic rings. The van der Waals surface area contributed by atoms with Gasteiger partial charge in [0.2, 0.25) is 11.8 Å². The van der Waals surface area contributed by atoms with Crippen LogP contribution >= 0.6 is 0 Å². The summed E-state index contributed by atoms with van der Waals surface area (Å²) in [7, 11) is 1.53. The van der Waals surface area contributed by atoms with E-state index in [9.17, 15) is 19.2 Å². The highest BCUT2D eigenvalue weighted by Crippen LogP contribution is 2.26. The molecule has 2 aliphatic heterocycles. The largest absolute Gasteiger partial charge is 0.357 e. The van der Waals surface area contributed by atoms with Crippen LogP contribution in [0.2, 0.25) is 0 Å². The van der Waals surface area contributed by atoms with Gasteiger partial charge in [0.1, 0.15) is 12.1 Å². The molecule has 2 aliphatic rings. The first-order chi connectivity index (χ1) is 15.0. The van der Waals surface area contributed by atoms with E-state index in [-0.39, 0.29) is 12.5 Å². The highest BCUT2D eigenvalue weighted by molar-refractivity contribution is 6.23. The molecule has 0 unspecified atom stereocenters. The number of carbonyl (C=O) groups excluding carboxylic acids is 4. The van der Waals surface area contributed by atoms with Gasteiger partial charge in [0.15, 0.2) is 0 Å². The average molecular weight is 420 g/mol. The van der Waals surface area contributed by atoms with Crippen LogP contribution in [-0.4, -0.2) is 72.2 Å². The number of benzene rings is 2. The Bertz CT molecular complexity index is 988. The number of nitrogens with one attached hydrogen (secondary N) is 2. The maximum Gasteiger partial charge on any atom is 0.262 e. The van der Waals surface area contributed by atoms with Gasteiger partial charge in [0, 0.05) is 33.1 Å². The summed E-state index contributed by atoms with van der Waals surface area (Å²) >= 11 is 0. The van der Waals surface area contributed by atoms with Crippen LogP contribution in [-0.2, 0) is 16.0 Å². The number of hydrogen-bond donors (Lipinski definition) is 2. The lowest BCUT2D eigenvalue weighted by Crippen LogP contribution is -2.57. The number of likely N-dealkylation sites (N-methyl/N-ethyl adjacent to an activating group) is 1. The molecule has 0 radical (unpaired) electrons. The number of fused-ring (bicyclic) bond motifs is 1. The summed E-state index contributed by atoms with van der Waals surface area (Å²) in [6, 6.07) is 14.2. The zero-order valence-electron chi connectivity index (χ0n) is 17.2. The Morgan fingerprint density at radius 2 is 1.65 bits per heavy atom. The van der Waals surface area contributed by atoms with Crippen LogP contribution in [0.5, 0.6) is 0 Å². The molecule has 8 nitrogen and oxygen atoms in total.